The van der Waals surface area contributed by atoms with Crippen LogP contribution in [0.1, 0.15) is 36.7 Å². The van der Waals surface area contributed by atoms with Crippen LogP contribution in [0.5, 0.6) is 0 Å². The highest BCUT2D eigenvalue weighted by Crippen LogP contribution is 2.07. The Morgan fingerprint density at radius 3 is 3.00 bits per heavy atom. The predicted molar refractivity (Wildman–Crippen MR) is 60.8 cm³/mol. The molecule has 0 fully saturated rings. The number of primary amides is 1. The Hall–Kier alpha value is -1.58. The van der Waals surface area contributed by atoms with E-state index >= 15 is 0 Å². The molecule has 1 rings (SSSR count). The second kappa shape index (κ2) is 6.01. The Labute approximate surface area is 89.9 Å². The first kappa shape index (κ1) is 11.5. The van der Waals surface area contributed by atoms with Gasteiger partial charge in [0, 0.05) is 18.4 Å². The van der Waals surface area contributed by atoms with E-state index in [2.05, 4.69) is 17.2 Å². The maximum atomic E-state index is 10.9. The highest BCUT2D eigenvalue weighted by atomic mass is 16.1. The summed E-state index contributed by atoms with van der Waals surface area (Å²) in [7, 11) is 0. The zero-order chi connectivity index (χ0) is 11.1. The van der Waals surface area contributed by atoms with Crippen molar-refractivity contribution in [2.24, 2.45) is 5.73 Å². The summed E-state index contributed by atoms with van der Waals surface area (Å²) in [5.41, 5.74) is 6.33. The van der Waals surface area contributed by atoms with Crippen molar-refractivity contribution in [2.75, 3.05) is 11.9 Å². The molecule has 0 saturated heterocycles. The fourth-order valence-electron chi connectivity index (χ4n) is 1.28. The predicted octanol–water partition coefficient (Wildman–Crippen LogP) is 1.78. The number of hydrogen-bond acceptors (Lipinski definition) is 3. The number of nitrogens with one attached hydrogen (secondary N) is 1. The van der Waals surface area contributed by atoms with Gasteiger partial charge in [-0.2, -0.15) is 0 Å². The summed E-state index contributed by atoms with van der Waals surface area (Å²) in [6.45, 7) is 3.08. The first-order chi connectivity index (χ1) is 7.24. The van der Waals surface area contributed by atoms with Crippen molar-refractivity contribution < 1.29 is 4.79 Å². The van der Waals surface area contributed by atoms with Crippen LogP contribution in [0, 0.1) is 0 Å². The molecule has 0 atom stereocenters. The first-order valence-electron chi connectivity index (χ1n) is 5.23. The summed E-state index contributed by atoms with van der Waals surface area (Å²) < 4.78 is 0. The molecule has 0 aliphatic rings. The molecule has 0 bridgehead atoms. The fourth-order valence-corrected chi connectivity index (χ4v) is 1.28. The van der Waals surface area contributed by atoms with Gasteiger partial charge < -0.3 is 11.1 Å². The summed E-state index contributed by atoms with van der Waals surface area (Å²) in [5.74, 6) is -0.493. The zero-order valence-corrected chi connectivity index (χ0v) is 8.99. The second-order valence-electron chi connectivity index (χ2n) is 3.43. The van der Waals surface area contributed by atoms with Crippen molar-refractivity contribution in [1.82, 2.24) is 4.98 Å². The van der Waals surface area contributed by atoms with Gasteiger partial charge in [-0.15, -0.1) is 0 Å². The third-order valence-corrected chi connectivity index (χ3v) is 2.12. The second-order valence-corrected chi connectivity index (χ2v) is 3.43. The van der Waals surface area contributed by atoms with Crippen molar-refractivity contribution in [2.45, 2.75) is 26.2 Å². The van der Waals surface area contributed by atoms with Crippen molar-refractivity contribution in [1.29, 1.82) is 0 Å². The van der Waals surface area contributed by atoms with Crippen LogP contribution in [0.15, 0.2) is 18.3 Å². The number of carbonyl (C=O) groups is 1. The van der Waals surface area contributed by atoms with E-state index in [0.29, 0.717) is 5.69 Å². The molecule has 82 valence electrons. The van der Waals surface area contributed by atoms with E-state index in [4.69, 9.17) is 5.73 Å². The number of anilines is 1. The molecule has 15 heavy (non-hydrogen) atoms. The van der Waals surface area contributed by atoms with Crippen molar-refractivity contribution in [3.8, 4) is 0 Å². The molecule has 4 heteroatoms. The van der Waals surface area contributed by atoms with E-state index in [1.54, 1.807) is 12.3 Å². The van der Waals surface area contributed by atoms with Crippen LogP contribution >= 0.6 is 0 Å². The molecule has 0 aliphatic carbocycles. The van der Waals surface area contributed by atoms with Crippen LogP contribution in [0.25, 0.3) is 0 Å². The van der Waals surface area contributed by atoms with Gasteiger partial charge in [-0.3, -0.25) is 9.78 Å². The minimum atomic E-state index is -0.493. The van der Waals surface area contributed by atoms with E-state index in [1.165, 1.54) is 12.8 Å². The maximum absolute atomic E-state index is 10.9. The minimum absolute atomic E-state index is 0.301. The third kappa shape index (κ3) is 3.97. The maximum Gasteiger partial charge on any atom is 0.267 e. The Morgan fingerprint density at radius 1 is 1.53 bits per heavy atom. The largest absolute Gasteiger partial charge is 0.385 e. The molecule has 0 spiro atoms. The van der Waals surface area contributed by atoms with Gasteiger partial charge in [0.25, 0.3) is 5.91 Å². The quantitative estimate of drug-likeness (QED) is 0.699. The Bertz CT molecular complexity index is 325. The van der Waals surface area contributed by atoms with Gasteiger partial charge >= 0.3 is 0 Å². The number of rotatable bonds is 6. The molecule has 4 nitrogen and oxygen atoms in total. The number of carbonyl (C=O) groups excluding carboxylic acids is 1. The lowest BCUT2D eigenvalue weighted by molar-refractivity contribution is 0.0995. The Kier molecular flexibility index (Phi) is 4.60. The van der Waals surface area contributed by atoms with E-state index in [0.717, 1.165) is 18.7 Å². The first-order valence-corrected chi connectivity index (χ1v) is 5.23. The number of pyridine rings is 1. The van der Waals surface area contributed by atoms with Gasteiger partial charge in [0.15, 0.2) is 0 Å². The molecule has 0 unspecified atom stereocenters. The van der Waals surface area contributed by atoms with Gasteiger partial charge in [0.05, 0.1) is 0 Å². The molecular weight excluding hydrogens is 190 g/mol. The summed E-state index contributed by atoms with van der Waals surface area (Å²) in [4.78, 5) is 14.7. The van der Waals surface area contributed by atoms with Gasteiger partial charge in [-0.25, -0.2) is 0 Å². The molecule has 0 saturated carbocycles. The molecule has 1 amide bonds. The average Bonchev–Trinajstić information content (AvgIpc) is 2.25. The van der Waals surface area contributed by atoms with Crippen molar-refractivity contribution in [3.05, 3.63) is 24.0 Å². The van der Waals surface area contributed by atoms with E-state index in [-0.39, 0.29) is 0 Å². The lowest BCUT2D eigenvalue weighted by atomic mass is 10.2. The molecule has 1 heterocycles. The third-order valence-electron chi connectivity index (χ3n) is 2.12. The number of nitrogens with two attached hydrogens (primary N) is 1. The van der Waals surface area contributed by atoms with E-state index in [1.807, 2.05) is 6.07 Å². The minimum Gasteiger partial charge on any atom is -0.385 e. The van der Waals surface area contributed by atoms with Crippen LogP contribution in [-0.2, 0) is 0 Å². The van der Waals surface area contributed by atoms with Crippen LogP contribution in [-0.4, -0.2) is 17.4 Å². The highest BCUT2D eigenvalue weighted by molar-refractivity contribution is 5.91. The molecule has 3 N–H and O–H groups in total. The molecule has 0 radical (unpaired) electrons. The van der Waals surface area contributed by atoms with Crippen molar-refractivity contribution >= 4 is 11.6 Å². The summed E-state index contributed by atoms with van der Waals surface area (Å²) in [6, 6.07) is 3.51. The Morgan fingerprint density at radius 2 is 2.33 bits per heavy atom. The number of amides is 1. The SMILES string of the molecule is CCCCCNc1ccnc(C(N)=O)c1. The number of aromatic nitrogens is 1. The smallest absolute Gasteiger partial charge is 0.267 e. The molecule has 1 aromatic heterocycles. The van der Waals surface area contributed by atoms with Gasteiger partial charge in [0.1, 0.15) is 5.69 Å². The molecule has 1 aromatic rings. The van der Waals surface area contributed by atoms with E-state index < -0.39 is 5.91 Å². The number of unbranched alkanes of at least 4 members (excludes halogenated alkanes) is 2. The molecule has 0 aliphatic heterocycles. The van der Waals surface area contributed by atoms with Crippen LogP contribution < -0.4 is 11.1 Å². The summed E-state index contributed by atoms with van der Waals surface area (Å²) >= 11 is 0. The fraction of sp³-hybridized carbons (Fsp3) is 0.455. The van der Waals surface area contributed by atoms with Gasteiger partial charge in [-0.05, 0) is 18.6 Å². The normalized spacial score (nSPS) is 9.93. The lowest BCUT2D eigenvalue weighted by Gasteiger charge is -2.05. The van der Waals surface area contributed by atoms with Crippen LogP contribution in [0.3, 0.4) is 0 Å². The van der Waals surface area contributed by atoms with Crippen LogP contribution in [0.4, 0.5) is 5.69 Å². The van der Waals surface area contributed by atoms with Crippen LogP contribution in [0.2, 0.25) is 0 Å². The average molecular weight is 207 g/mol. The van der Waals surface area contributed by atoms with Crippen molar-refractivity contribution in [3.63, 3.8) is 0 Å². The van der Waals surface area contributed by atoms with Gasteiger partial charge in [-0.1, -0.05) is 19.8 Å². The topological polar surface area (TPSA) is 68.0 Å². The molecular formula is C11H17N3O. The van der Waals surface area contributed by atoms with E-state index in [9.17, 15) is 4.79 Å². The molecule has 0 aromatic carbocycles. The summed E-state index contributed by atoms with van der Waals surface area (Å²) in [6.07, 6.45) is 5.12. The monoisotopic (exact) mass is 207 g/mol. The highest BCUT2D eigenvalue weighted by Gasteiger charge is 2.01. The standard InChI is InChI=1S/C11H17N3O/c1-2-3-4-6-13-9-5-7-14-10(8-9)11(12)15/h5,7-8H,2-4,6H2,1H3,(H2,12,15)(H,13,14). The number of hydrogen-bond donors (Lipinski definition) is 2. The zero-order valence-electron chi connectivity index (χ0n) is 8.99. The Balaban J connectivity index is 2.47. The van der Waals surface area contributed by atoms with Gasteiger partial charge in [0.2, 0.25) is 0 Å². The summed E-state index contributed by atoms with van der Waals surface area (Å²) in [5, 5.41) is 3.23. The number of nitrogens with zero attached hydrogens (tertiary/aromatic N) is 1. The lowest BCUT2D eigenvalue weighted by Crippen LogP contribution is -2.13.